The minimum absolute atomic E-state index is 0.272. The molecule has 2 aromatic carbocycles. The summed E-state index contributed by atoms with van der Waals surface area (Å²) in [5.74, 6) is 0.612. The summed E-state index contributed by atoms with van der Waals surface area (Å²) in [6.45, 7) is 1.16. The number of hydrazine groups is 1. The fourth-order valence-electron chi connectivity index (χ4n) is 3.40. The molecule has 1 amide bonds. The molecule has 150 valence electrons. The number of amides is 1. The van der Waals surface area contributed by atoms with Crippen LogP contribution < -0.4 is 20.9 Å². The number of hydrogen-bond acceptors (Lipinski definition) is 6. The van der Waals surface area contributed by atoms with E-state index in [0.29, 0.717) is 17.7 Å². The average Bonchev–Trinajstić information content (AvgIpc) is 3.27. The van der Waals surface area contributed by atoms with Crippen LogP contribution in [0.3, 0.4) is 0 Å². The van der Waals surface area contributed by atoms with E-state index in [1.54, 1.807) is 19.2 Å². The van der Waals surface area contributed by atoms with Crippen molar-refractivity contribution in [3.8, 4) is 5.75 Å². The summed E-state index contributed by atoms with van der Waals surface area (Å²) < 4.78 is 5.49. The molecule has 1 heterocycles. The molecule has 7 heteroatoms. The molecular weight excluding hydrogens is 358 g/mol. The number of aliphatic hydroxyl groups is 2. The molecule has 0 radical (unpaired) electrons. The Labute approximate surface area is 164 Å². The lowest BCUT2D eigenvalue weighted by molar-refractivity contribution is 0.0567. The van der Waals surface area contributed by atoms with Gasteiger partial charge in [-0.05, 0) is 29.7 Å². The van der Waals surface area contributed by atoms with Crippen LogP contribution in [0.25, 0.3) is 0 Å². The van der Waals surface area contributed by atoms with E-state index in [2.05, 4.69) is 16.2 Å². The van der Waals surface area contributed by atoms with Crippen molar-refractivity contribution in [1.29, 1.82) is 0 Å². The third kappa shape index (κ3) is 4.88. The molecule has 28 heavy (non-hydrogen) atoms. The number of carbonyl (C=O) groups excluding carboxylic acids is 1. The Morgan fingerprint density at radius 2 is 1.93 bits per heavy atom. The Balaban J connectivity index is 1.75. The highest BCUT2D eigenvalue weighted by atomic mass is 16.5. The van der Waals surface area contributed by atoms with Crippen molar-refractivity contribution >= 4 is 5.91 Å². The average molecular weight is 385 g/mol. The molecule has 1 aliphatic heterocycles. The van der Waals surface area contributed by atoms with E-state index < -0.39 is 18.8 Å². The van der Waals surface area contributed by atoms with Gasteiger partial charge in [-0.15, -0.1) is 0 Å². The third-order valence-electron chi connectivity index (χ3n) is 5.02. The number of nitrogens with one attached hydrogen (secondary N) is 3. The fraction of sp³-hybridized carbons (Fsp3) is 0.381. The van der Waals surface area contributed by atoms with Crippen molar-refractivity contribution in [3.63, 3.8) is 0 Å². The molecule has 2 atom stereocenters. The molecule has 1 fully saturated rings. The summed E-state index contributed by atoms with van der Waals surface area (Å²) in [6.07, 6.45) is -0.635. The smallest absolute Gasteiger partial charge is 0.251 e. The second kappa shape index (κ2) is 9.66. The second-order valence-electron chi connectivity index (χ2n) is 6.94. The van der Waals surface area contributed by atoms with Crippen molar-refractivity contribution in [3.05, 3.63) is 65.2 Å². The predicted molar refractivity (Wildman–Crippen MR) is 106 cm³/mol. The summed E-state index contributed by atoms with van der Waals surface area (Å²) in [7, 11) is 1.59. The van der Waals surface area contributed by atoms with E-state index in [4.69, 9.17) is 4.74 Å². The maximum Gasteiger partial charge on any atom is 0.251 e. The molecule has 0 aliphatic carbocycles. The van der Waals surface area contributed by atoms with Gasteiger partial charge >= 0.3 is 0 Å². The monoisotopic (exact) mass is 385 g/mol. The lowest BCUT2D eigenvalue weighted by Crippen LogP contribution is -2.46. The summed E-state index contributed by atoms with van der Waals surface area (Å²) in [5, 5.41) is 22.4. The molecule has 0 bridgehead atoms. The molecular formula is C21H27N3O4. The summed E-state index contributed by atoms with van der Waals surface area (Å²) in [6, 6.07) is 14.3. The van der Waals surface area contributed by atoms with Crippen LogP contribution in [0, 0.1) is 0 Å². The SMILES string of the molecule is COc1cc(C(=O)N[C@@H](Cc2ccccc2)[C@H](O)CO)ccc1C1CNNC1. The van der Waals surface area contributed by atoms with Crippen LogP contribution in [0.15, 0.2) is 48.5 Å². The maximum atomic E-state index is 12.8. The van der Waals surface area contributed by atoms with Crippen molar-refractivity contribution in [2.45, 2.75) is 24.5 Å². The van der Waals surface area contributed by atoms with Crippen LogP contribution in [-0.4, -0.2) is 55.1 Å². The molecule has 3 rings (SSSR count). The van der Waals surface area contributed by atoms with Gasteiger partial charge < -0.3 is 20.3 Å². The number of methoxy groups -OCH3 is 1. The van der Waals surface area contributed by atoms with Gasteiger partial charge in [0, 0.05) is 24.6 Å². The van der Waals surface area contributed by atoms with E-state index >= 15 is 0 Å². The molecule has 0 spiro atoms. The van der Waals surface area contributed by atoms with Gasteiger partial charge in [0.25, 0.3) is 5.91 Å². The lowest BCUT2D eigenvalue weighted by atomic mass is 9.97. The van der Waals surface area contributed by atoms with Crippen LogP contribution in [0.2, 0.25) is 0 Å². The minimum atomic E-state index is -1.05. The minimum Gasteiger partial charge on any atom is -0.496 e. The van der Waals surface area contributed by atoms with Crippen molar-refractivity contribution in [2.75, 3.05) is 26.8 Å². The van der Waals surface area contributed by atoms with Gasteiger partial charge in [-0.25, -0.2) is 0 Å². The first-order valence-electron chi connectivity index (χ1n) is 9.39. The van der Waals surface area contributed by atoms with Gasteiger partial charge in [0.15, 0.2) is 0 Å². The van der Waals surface area contributed by atoms with E-state index in [0.717, 1.165) is 24.2 Å². The number of ether oxygens (including phenoxy) is 1. The van der Waals surface area contributed by atoms with Gasteiger partial charge in [0.05, 0.1) is 25.9 Å². The second-order valence-corrected chi connectivity index (χ2v) is 6.94. The van der Waals surface area contributed by atoms with Crippen LogP contribution >= 0.6 is 0 Å². The highest BCUT2D eigenvalue weighted by Gasteiger charge is 2.24. The number of carbonyl (C=O) groups is 1. The largest absolute Gasteiger partial charge is 0.496 e. The van der Waals surface area contributed by atoms with E-state index in [-0.39, 0.29) is 11.8 Å². The Morgan fingerprint density at radius 3 is 2.57 bits per heavy atom. The number of aliphatic hydroxyl groups excluding tert-OH is 2. The summed E-state index contributed by atoms with van der Waals surface area (Å²) >= 11 is 0. The van der Waals surface area contributed by atoms with E-state index in [1.165, 1.54) is 0 Å². The zero-order valence-electron chi connectivity index (χ0n) is 15.9. The van der Waals surface area contributed by atoms with E-state index in [1.807, 2.05) is 36.4 Å². The summed E-state index contributed by atoms with van der Waals surface area (Å²) in [5.41, 5.74) is 8.63. The molecule has 0 saturated carbocycles. The normalized spacial score (nSPS) is 16.5. The van der Waals surface area contributed by atoms with Crippen molar-refractivity contribution in [1.82, 2.24) is 16.2 Å². The Hall–Kier alpha value is -2.45. The highest BCUT2D eigenvalue weighted by Crippen LogP contribution is 2.28. The summed E-state index contributed by atoms with van der Waals surface area (Å²) in [4.78, 5) is 12.8. The molecule has 1 saturated heterocycles. The van der Waals surface area contributed by atoms with Gasteiger partial charge in [-0.3, -0.25) is 15.6 Å². The van der Waals surface area contributed by atoms with Crippen LogP contribution in [0.1, 0.15) is 27.4 Å². The third-order valence-corrected chi connectivity index (χ3v) is 5.02. The first-order chi connectivity index (χ1) is 13.6. The molecule has 5 N–H and O–H groups in total. The topological polar surface area (TPSA) is 103 Å². The van der Waals surface area contributed by atoms with Crippen molar-refractivity contribution in [2.24, 2.45) is 0 Å². The molecule has 1 aliphatic rings. The first-order valence-corrected chi connectivity index (χ1v) is 9.39. The van der Waals surface area contributed by atoms with Gasteiger partial charge in [0.2, 0.25) is 0 Å². The quantitative estimate of drug-likeness (QED) is 0.456. The lowest BCUT2D eigenvalue weighted by Gasteiger charge is -2.23. The molecule has 7 nitrogen and oxygen atoms in total. The standard InChI is InChI=1S/C21H27N3O4/c1-28-20-10-15(7-8-17(20)16-11-22-23-12-16)21(27)24-18(19(26)13-25)9-14-5-3-2-4-6-14/h2-8,10,16,18-19,22-23,25-26H,9,11-13H2,1H3,(H,24,27)/t18-,19+/m0/s1. The van der Waals surface area contributed by atoms with Crippen LogP contribution in [-0.2, 0) is 6.42 Å². The van der Waals surface area contributed by atoms with Gasteiger partial charge in [0.1, 0.15) is 5.75 Å². The zero-order chi connectivity index (χ0) is 19.9. The molecule has 0 aromatic heterocycles. The van der Waals surface area contributed by atoms with Crippen LogP contribution in [0.4, 0.5) is 0 Å². The Bertz CT molecular complexity index is 778. The fourth-order valence-corrected chi connectivity index (χ4v) is 3.40. The van der Waals surface area contributed by atoms with Crippen molar-refractivity contribution < 1.29 is 19.7 Å². The van der Waals surface area contributed by atoms with Gasteiger partial charge in [-0.2, -0.15) is 0 Å². The first kappa shape index (κ1) is 20.3. The van der Waals surface area contributed by atoms with Gasteiger partial charge in [-0.1, -0.05) is 36.4 Å². The van der Waals surface area contributed by atoms with E-state index in [9.17, 15) is 15.0 Å². The maximum absolute atomic E-state index is 12.8. The Morgan fingerprint density at radius 1 is 1.21 bits per heavy atom. The number of benzene rings is 2. The molecule has 2 aromatic rings. The van der Waals surface area contributed by atoms with Crippen LogP contribution in [0.5, 0.6) is 5.75 Å². The Kier molecular flexibility index (Phi) is 7.00. The number of rotatable bonds is 8. The highest BCUT2D eigenvalue weighted by molar-refractivity contribution is 5.95. The number of hydrogen-bond donors (Lipinski definition) is 5. The molecule has 0 unspecified atom stereocenters. The zero-order valence-corrected chi connectivity index (χ0v) is 15.9. The predicted octanol–water partition coefficient (Wildman–Crippen LogP) is 0.581.